The zero-order chi connectivity index (χ0) is 17.2. The van der Waals surface area contributed by atoms with Gasteiger partial charge in [0.05, 0.1) is 23.4 Å². The molecule has 1 amide bonds. The number of halogens is 3. The largest absolute Gasteiger partial charge is 0.416 e. The number of aromatic nitrogens is 2. The van der Waals surface area contributed by atoms with Crippen molar-refractivity contribution in [2.24, 2.45) is 5.73 Å². The van der Waals surface area contributed by atoms with Gasteiger partial charge < -0.3 is 15.8 Å². The maximum Gasteiger partial charge on any atom is 0.416 e. The lowest BCUT2D eigenvalue weighted by Gasteiger charge is -2.11. The third-order valence-electron chi connectivity index (χ3n) is 3.11. The standard InChI is InChI=1S/C13H11F3N4O3/c14-13(15,16)10-4-2-1-3-8(10)5-6-19-7-9(11(17)21)12(18-19)20(22)23/h1-4,7H,5-6H2,(H2,17,21). The summed E-state index contributed by atoms with van der Waals surface area (Å²) in [5.41, 5.74) is 3.86. The monoisotopic (exact) mass is 328 g/mol. The minimum atomic E-state index is -4.49. The van der Waals surface area contributed by atoms with Crippen LogP contribution < -0.4 is 5.73 Å². The molecule has 0 aliphatic heterocycles. The molecule has 2 aromatic rings. The highest BCUT2D eigenvalue weighted by atomic mass is 19.4. The van der Waals surface area contributed by atoms with Crippen molar-refractivity contribution in [2.75, 3.05) is 0 Å². The number of nitrogens with two attached hydrogens (primary N) is 1. The van der Waals surface area contributed by atoms with E-state index in [1.54, 1.807) is 0 Å². The number of carbonyl (C=O) groups excluding carboxylic acids is 1. The molecule has 0 unspecified atom stereocenters. The molecule has 122 valence electrons. The highest BCUT2D eigenvalue weighted by Crippen LogP contribution is 2.32. The fourth-order valence-corrected chi connectivity index (χ4v) is 2.08. The number of nitrogens with zero attached hydrogens (tertiary/aromatic N) is 3. The number of hydrogen-bond acceptors (Lipinski definition) is 4. The first-order valence-electron chi connectivity index (χ1n) is 6.37. The van der Waals surface area contributed by atoms with Gasteiger partial charge in [0.15, 0.2) is 5.56 Å². The molecule has 7 nitrogen and oxygen atoms in total. The topological polar surface area (TPSA) is 104 Å². The molecule has 0 saturated carbocycles. The predicted molar refractivity (Wildman–Crippen MR) is 72.5 cm³/mol. The summed E-state index contributed by atoms with van der Waals surface area (Å²) in [6, 6.07) is 5.01. The molecule has 0 atom stereocenters. The fraction of sp³-hybridized carbons (Fsp3) is 0.231. The van der Waals surface area contributed by atoms with Gasteiger partial charge in [0.2, 0.25) is 0 Å². The number of carbonyl (C=O) groups is 1. The quantitative estimate of drug-likeness (QED) is 0.670. The minimum absolute atomic E-state index is 0.0266. The van der Waals surface area contributed by atoms with Crippen molar-refractivity contribution in [1.82, 2.24) is 9.78 Å². The molecule has 0 spiro atoms. The molecule has 10 heteroatoms. The average Bonchev–Trinajstić information content (AvgIpc) is 2.89. The van der Waals surface area contributed by atoms with Crippen LogP contribution in [-0.4, -0.2) is 20.6 Å². The molecule has 1 heterocycles. The van der Waals surface area contributed by atoms with Crippen LogP contribution in [0, 0.1) is 10.1 Å². The van der Waals surface area contributed by atoms with E-state index in [4.69, 9.17) is 5.73 Å². The number of aryl methyl sites for hydroxylation is 2. The second kappa shape index (κ2) is 6.07. The molecular weight excluding hydrogens is 317 g/mol. The number of alkyl halides is 3. The molecule has 0 fully saturated rings. The van der Waals surface area contributed by atoms with Gasteiger partial charge in [-0.3, -0.25) is 4.79 Å². The lowest BCUT2D eigenvalue weighted by Crippen LogP contribution is -2.12. The number of rotatable bonds is 5. The van der Waals surface area contributed by atoms with Gasteiger partial charge in [-0.05, 0) is 23.0 Å². The van der Waals surface area contributed by atoms with Crippen molar-refractivity contribution >= 4 is 11.7 Å². The predicted octanol–water partition coefficient (Wildman–Crippen LogP) is 2.15. The Morgan fingerprint density at radius 3 is 2.52 bits per heavy atom. The highest BCUT2D eigenvalue weighted by Gasteiger charge is 2.33. The number of amides is 1. The highest BCUT2D eigenvalue weighted by molar-refractivity contribution is 5.95. The summed E-state index contributed by atoms with van der Waals surface area (Å²) in [4.78, 5) is 21.0. The van der Waals surface area contributed by atoms with Gasteiger partial charge in [0.25, 0.3) is 5.91 Å². The van der Waals surface area contributed by atoms with E-state index in [0.717, 1.165) is 16.9 Å². The number of primary amides is 1. The van der Waals surface area contributed by atoms with Crippen LogP contribution in [0.3, 0.4) is 0 Å². The van der Waals surface area contributed by atoms with Crippen molar-refractivity contribution in [3.8, 4) is 0 Å². The SMILES string of the molecule is NC(=O)c1cn(CCc2ccccc2C(F)(F)F)nc1[N+](=O)[O-]. The molecule has 0 aliphatic carbocycles. The van der Waals surface area contributed by atoms with E-state index in [0.29, 0.717) is 0 Å². The molecule has 0 radical (unpaired) electrons. The molecular formula is C13H11F3N4O3. The fourth-order valence-electron chi connectivity index (χ4n) is 2.08. The average molecular weight is 328 g/mol. The molecule has 2 N–H and O–H groups in total. The van der Waals surface area contributed by atoms with Crippen LogP contribution in [0.1, 0.15) is 21.5 Å². The van der Waals surface area contributed by atoms with Gasteiger partial charge in [-0.25, -0.2) is 0 Å². The molecule has 1 aromatic carbocycles. The number of benzene rings is 1. The van der Waals surface area contributed by atoms with Crippen LogP contribution in [0.4, 0.5) is 19.0 Å². The van der Waals surface area contributed by atoms with Crippen molar-refractivity contribution in [1.29, 1.82) is 0 Å². The van der Waals surface area contributed by atoms with Crippen LogP contribution in [0.5, 0.6) is 0 Å². The molecule has 0 bridgehead atoms. The van der Waals surface area contributed by atoms with Crippen LogP contribution in [0.15, 0.2) is 30.5 Å². The van der Waals surface area contributed by atoms with Crippen molar-refractivity contribution in [3.05, 3.63) is 57.3 Å². The maximum absolute atomic E-state index is 12.9. The van der Waals surface area contributed by atoms with Gasteiger partial charge >= 0.3 is 12.0 Å². The Morgan fingerprint density at radius 2 is 2.00 bits per heavy atom. The molecule has 0 saturated heterocycles. The Bertz CT molecular complexity index is 724. The Labute approximate surface area is 127 Å². The van der Waals surface area contributed by atoms with Crippen molar-refractivity contribution in [2.45, 2.75) is 19.1 Å². The van der Waals surface area contributed by atoms with E-state index < -0.39 is 28.4 Å². The van der Waals surface area contributed by atoms with Crippen LogP contribution in [0.25, 0.3) is 0 Å². The van der Waals surface area contributed by atoms with Crippen LogP contribution >= 0.6 is 0 Å². The van der Waals surface area contributed by atoms with Gasteiger partial charge in [0.1, 0.15) is 0 Å². The van der Waals surface area contributed by atoms with Crippen molar-refractivity contribution in [3.63, 3.8) is 0 Å². The Kier molecular flexibility index (Phi) is 4.34. The second-order valence-electron chi connectivity index (χ2n) is 4.66. The first-order chi connectivity index (χ1) is 10.7. The van der Waals surface area contributed by atoms with E-state index >= 15 is 0 Å². The third kappa shape index (κ3) is 3.65. The molecule has 0 aliphatic rings. The summed E-state index contributed by atoms with van der Waals surface area (Å²) >= 11 is 0. The summed E-state index contributed by atoms with van der Waals surface area (Å²) in [5.74, 6) is -1.75. The van der Waals surface area contributed by atoms with E-state index in [1.807, 2.05) is 0 Å². The van der Waals surface area contributed by atoms with Crippen molar-refractivity contribution < 1.29 is 22.9 Å². The molecule has 1 aromatic heterocycles. The van der Waals surface area contributed by atoms with Crippen LogP contribution in [0.2, 0.25) is 0 Å². The summed E-state index contributed by atoms with van der Waals surface area (Å²) in [6.45, 7) is -0.0682. The Balaban J connectivity index is 2.24. The normalized spacial score (nSPS) is 11.4. The number of hydrogen-bond donors (Lipinski definition) is 1. The Hall–Kier alpha value is -2.91. The first-order valence-corrected chi connectivity index (χ1v) is 6.37. The van der Waals surface area contributed by atoms with E-state index in [-0.39, 0.29) is 24.1 Å². The van der Waals surface area contributed by atoms with Crippen LogP contribution in [-0.2, 0) is 19.1 Å². The first kappa shape index (κ1) is 16.5. The smallest absolute Gasteiger partial charge is 0.365 e. The zero-order valence-corrected chi connectivity index (χ0v) is 11.6. The van der Waals surface area contributed by atoms with E-state index in [2.05, 4.69) is 5.10 Å². The number of nitro groups is 1. The third-order valence-corrected chi connectivity index (χ3v) is 3.11. The lowest BCUT2D eigenvalue weighted by atomic mass is 10.0. The molecule has 23 heavy (non-hydrogen) atoms. The van der Waals surface area contributed by atoms with E-state index in [1.165, 1.54) is 18.2 Å². The van der Waals surface area contributed by atoms with Gasteiger partial charge in [-0.1, -0.05) is 18.2 Å². The van der Waals surface area contributed by atoms with Gasteiger partial charge in [0, 0.05) is 0 Å². The summed E-state index contributed by atoms with van der Waals surface area (Å²) < 4.78 is 39.7. The molecule has 2 rings (SSSR count). The van der Waals surface area contributed by atoms with E-state index in [9.17, 15) is 28.1 Å². The maximum atomic E-state index is 12.9. The summed E-state index contributed by atoms with van der Waals surface area (Å²) in [6.07, 6.45) is -3.51. The minimum Gasteiger partial charge on any atom is -0.365 e. The zero-order valence-electron chi connectivity index (χ0n) is 11.6. The lowest BCUT2D eigenvalue weighted by molar-refractivity contribution is -0.390. The Morgan fingerprint density at radius 1 is 1.35 bits per heavy atom. The van der Waals surface area contributed by atoms with Gasteiger partial charge in [-0.15, -0.1) is 0 Å². The summed E-state index contributed by atoms with van der Waals surface area (Å²) in [5, 5.41) is 14.3. The van der Waals surface area contributed by atoms with Gasteiger partial charge in [-0.2, -0.15) is 17.9 Å². The second-order valence-corrected chi connectivity index (χ2v) is 4.66. The summed E-state index contributed by atoms with van der Waals surface area (Å²) in [7, 11) is 0.